The van der Waals surface area contributed by atoms with Crippen LogP contribution in [0.3, 0.4) is 0 Å². The predicted octanol–water partition coefficient (Wildman–Crippen LogP) is 12.7. The number of furan rings is 1. The summed E-state index contributed by atoms with van der Waals surface area (Å²) in [6.45, 7) is 4.72. The number of hydrogen-bond acceptors (Lipinski definition) is 2. The largest absolute Gasteiger partial charge is 0.456 e. The number of anilines is 3. The monoisotopic (exact) mass is 603 g/mol. The van der Waals surface area contributed by atoms with Gasteiger partial charge in [0.25, 0.3) is 0 Å². The number of hydrogen-bond donors (Lipinski definition) is 0. The molecule has 0 aliphatic heterocycles. The minimum atomic E-state index is -0.154. The average Bonchev–Trinajstić information content (AvgIpc) is 3.61. The van der Waals surface area contributed by atoms with Crippen LogP contribution in [-0.2, 0) is 5.41 Å². The van der Waals surface area contributed by atoms with Crippen LogP contribution >= 0.6 is 0 Å². The molecular weight excluding hydrogens is 571 g/mol. The first-order chi connectivity index (χ1) is 23.1. The molecule has 1 heterocycles. The maximum absolute atomic E-state index is 6.22. The molecule has 0 radical (unpaired) electrons. The Morgan fingerprint density at radius 2 is 1.04 bits per heavy atom. The number of rotatable bonds is 5. The summed E-state index contributed by atoms with van der Waals surface area (Å²) in [5, 5.41) is 2.24. The van der Waals surface area contributed by atoms with Gasteiger partial charge in [0.2, 0.25) is 0 Å². The van der Waals surface area contributed by atoms with Crippen molar-refractivity contribution in [2.45, 2.75) is 19.3 Å². The summed E-state index contributed by atoms with van der Waals surface area (Å²) in [6, 6.07) is 58.9. The highest BCUT2D eigenvalue weighted by atomic mass is 16.3. The second kappa shape index (κ2) is 10.6. The molecular formula is C45H33NO. The number of fused-ring (bicyclic) bond motifs is 6. The van der Waals surface area contributed by atoms with E-state index in [2.05, 4.69) is 170 Å². The minimum absolute atomic E-state index is 0.154. The standard InChI is InChI=1S/C45H33NO/c1-45(2)40-18-11-17-36(32-14-7-4-8-15-32)44(40)38-26-24-35(29-41(38)45)46(33-22-20-31(21-23-33)30-12-5-3-6-13-30)34-25-27-43-39(28-34)37-16-9-10-19-42(37)47-43/h3-29H,1-2H3. The second-order valence-electron chi connectivity index (χ2n) is 13.0. The molecule has 47 heavy (non-hydrogen) atoms. The van der Waals surface area contributed by atoms with Gasteiger partial charge in [-0.15, -0.1) is 0 Å². The van der Waals surface area contributed by atoms with Crippen LogP contribution in [0.15, 0.2) is 168 Å². The zero-order valence-corrected chi connectivity index (χ0v) is 26.4. The van der Waals surface area contributed by atoms with E-state index in [-0.39, 0.29) is 5.41 Å². The Kier molecular flexibility index (Phi) is 6.20. The van der Waals surface area contributed by atoms with E-state index >= 15 is 0 Å². The van der Waals surface area contributed by atoms with Crippen molar-refractivity contribution < 1.29 is 4.42 Å². The van der Waals surface area contributed by atoms with Gasteiger partial charge in [-0.25, -0.2) is 0 Å². The van der Waals surface area contributed by atoms with Crippen LogP contribution in [0.4, 0.5) is 17.1 Å². The van der Waals surface area contributed by atoms with Gasteiger partial charge >= 0.3 is 0 Å². The summed E-state index contributed by atoms with van der Waals surface area (Å²) >= 11 is 0. The van der Waals surface area contributed by atoms with Crippen molar-refractivity contribution in [3.63, 3.8) is 0 Å². The van der Waals surface area contributed by atoms with E-state index in [1.165, 1.54) is 44.5 Å². The zero-order valence-electron chi connectivity index (χ0n) is 26.4. The molecule has 1 aromatic heterocycles. The van der Waals surface area contributed by atoms with E-state index < -0.39 is 0 Å². The molecule has 0 amide bonds. The van der Waals surface area contributed by atoms with Crippen LogP contribution in [0.2, 0.25) is 0 Å². The van der Waals surface area contributed by atoms with E-state index in [4.69, 9.17) is 4.42 Å². The van der Waals surface area contributed by atoms with Gasteiger partial charge < -0.3 is 9.32 Å². The van der Waals surface area contributed by atoms with Crippen molar-refractivity contribution in [3.8, 4) is 33.4 Å². The molecule has 0 saturated heterocycles. The Balaban J connectivity index is 1.23. The highest BCUT2D eigenvalue weighted by Crippen LogP contribution is 2.53. The summed E-state index contributed by atoms with van der Waals surface area (Å²) in [5.41, 5.74) is 15.3. The van der Waals surface area contributed by atoms with Gasteiger partial charge in [0.15, 0.2) is 0 Å². The summed E-state index contributed by atoms with van der Waals surface area (Å²) in [4.78, 5) is 2.38. The Morgan fingerprint density at radius 3 is 1.83 bits per heavy atom. The topological polar surface area (TPSA) is 16.4 Å². The first kappa shape index (κ1) is 27.5. The smallest absolute Gasteiger partial charge is 0.135 e. The lowest BCUT2D eigenvalue weighted by Crippen LogP contribution is -2.16. The van der Waals surface area contributed by atoms with Crippen molar-refractivity contribution in [1.29, 1.82) is 0 Å². The molecule has 0 spiro atoms. The molecule has 0 saturated carbocycles. The second-order valence-corrected chi connectivity index (χ2v) is 13.0. The number of benzene rings is 7. The molecule has 0 fully saturated rings. The fourth-order valence-electron chi connectivity index (χ4n) is 7.51. The summed E-state index contributed by atoms with van der Waals surface area (Å²) in [5.74, 6) is 0. The van der Waals surface area contributed by atoms with Crippen LogP contribution in [0.1, 0.15) is 25.0 Å². The van der Waals surface area contributed by atoms with Gasteiger partial charge in [-0.2, -0.15) is 0 Å². The van der Waals surface area contributed by atoms with Gasteiger partial charge in [0.1, 0.15) is 11.2 Å². The number of nitrogens with zero attached hydrogens (tertiary/aromatic N) is 1. The van der Waals surface area contributed by atoms with Crippen LogP contribution in [0.5, 0.6) is 0 Å². The quantitative estimate of drug-likeness (QED) is 0.195. The van der Waals surface area contributed by atoms with E-state index in [0.717, 1.165) is 39.0 Å². The Bertz CT molecular complexity index is 2420. The zero-order chi connectivity index (χ0) is 31.5. The molecule has 0 atom stereocenters. The molecule has 1 aliphatic rings. The first-order valence-corrected chi connectivity index (χ1v) is 16.3. The maximum atomic E-state index is 6.22. The minimum Gasteiger partial charge on any atom is -0.456 e. The summed E-state index contributed by atoms with van der Waals surface area (Å²) in [7, 11) is 0. The summed E-state index contributed by atoms with van der Waals surface area (Å²) in [6.07, 6.45) is 0. The number of para-hydroxylation sites is 1. The molecule has 2 nitrogen and oxygen atoms in total. The lowest BCUT2D eigenvalue weighted by molar-refractivity contribution is 0.660. The molecule has 0 bridgehead atoms. The van der Waals surface area contributed by atoms with Gasteiger partial charge in [-0.05, 0) is 93.0 Å². The first-order valence-electron chi connectivity index (χ1n) is 16.3. The lowest BCUT2D eigenvalue weighted by Gasteiger charge is -2.28. The fraction of sp³-hybridized carbons (Fsp3) is 0.0667. The van der Waals surface area contributed by atoms with Crippen LogP contribution in [0.25, 0.3) is 55.3 Å². The van der Waals surface area contributed by atoms with Crippen molar-refractivity contribution in [3.05, 3.63) is 175 Å². The van der Waals surface area contributed by atoms with Crippen LogP contribution < -0.4 is 4.90 Å². The molecule has 0 N–H and O–H groups in total. The molecule has 9 rings (SSSR count). The van der Waals surface area contributed by atoms with E-state index in [0.29, 0.717) is 0 Å². The summed E-state index contributed by atoms with van der Waals surface area (Å²) < 4.78 is 6.22. The normalized spacial score (nSPS) is 13.1. The molecule has 8 aromatic rings. The Morgan fingerprint density at radius 1 is 0.426 bits per heavy atom. The van der Waals surface area contributed by atoms with Gasteiger partial charge in [0.05, 0.1) is 0 Å². The van der Waals surface area contributed by atoms with Crippen molar-refractivity contribution in [2.75, 3.05) is 4.90 Å². The third-order valence-electron chi connectivity index (χ3n) is 9.88. The SMILES string of the molecule is CC1(C)c2cc(N(c3ccc(-c4ccccc4)cc3)c3ccc4oc5ccccc5c4c3)ccc2-c2c(-c3ccccc3)cccc21. The van der Waals surface area contributed by atoms with Crippen molar-refractivity contribution in [2.24, 2.45) is 0 Å². The maximum Gasteiger partial charge on any atom is 0.135 e. The van der Waals surface area contributed by atoms with Crippen LogP contribution in [0, 0.1) is 0 Å². The molecule has 224 valence electrons. The highest BCUT2D eigenvalue weighted by molar-refractivity contribution is 6.06. The lowest BCUT2D eigenvalue weighted by atomic mass is 9.81. The van der Waals surface area contributed by atoms with Gasteiger partial charge in [-0.3, -0.25) is 0 Å². The highest BCUT2D eigenvalue weighted by Gasteiger charge is 2.37. The van der Waals surface area contributed by atoms with Gasteiger partial charge in [-0.1, -0.05) is 129 Å². The van der Waals surface area contributed by atoms with Crippen molar-refractivity contribution >= 4 is 39.0 Å². The van der Waals surface area contributed by atoms with E-state index in [1.54, 1.807) is 0 Å². The van der Waals surface area contributed by atoms with E-state index in [9.17, 15) is 0 Å². The predicted molar refractivity (Wildman–Crippen MR) is 197 cm³/mol. The Hall–Kier alpha value is -5.86. The molecule has 7 aromatic carbocycles. The van der Waals surface area contributed by atoms with E-state index in [1.807, 2.05) is 12.1 Å². The third kappa shape index (κ3) is 4.40. The molecule has 1 aliphatic carbocycles. The van der Waals surface area contributed by atoms with Crippen LogP contribution in [-0.4, -0.2) is 0 Å². The molecule has 2 heteroatoms. The average molecular weight is 604 g/mol. The third-order valence-corrected chi connectivity index (χ3v) is 9.88. The van der Waals surface area contributed by atoms with Crippen molar-refractivity contribution in [1.82, 2.24) is 0 Å². The molecule has 0 unspecified atom stereocenters. The van der Waals surface area contributed by atoms with Gasteiger partial charge in [0, 0.05) is 33.2 Å². The Labute approximate surface area is 275 Å². The fourth-order valence-corrected chi connectivity index (χ4v) is 7.51.